The third-order valence-corrected chi connectivity index (χ3v) is 2.59. The fraction of sp³-hybridized carbons (Fsp3) is 0.429. The normalized spacial score (nSPS) is 12.6. The molecule has 0 saturated heterocycles. The van der Waals surface area contributed by atoms with Crippen LogP contribution >= 0.6 is 11.6 Å². The average molecular weight is 300 g/mol. The Labute approximate surface area is 122 Å². The van der Waals surface area contributed by atoms with Crippen LogP contribution in [0.5, 0.6) is 0 Å². The fourth-order valence-corrected chi connectivity index (χ4v) is 1.70. The molecule has 0 aromatic heterocycles. The van der Waals surface area contributed by atoms with Crippen LogP contribution in [-0.4, -0.2) is 22.8 Å². The Kier molecular flexibility index (Phi) is 5.39. The van der Waals surface area contributed by atoms with Gasteiger partial charge in [-0.2, -0.15) is 0 Å². The van der Waals surface area contributed by atoms with Gasteiger partial charge in [0.05, 0.1) is 12.5 Å². The summed E-state index contributed by atoms with van der Waals surface area (Å²) in [5.74, 6) is -1.01. The Morgan fingerprint density at radius 1 is 1.30 bits per heavy atom. The summed E-state index contributed by atoms with van der Waals surface area (Å²) in [6, 6.07) is 5.96. The van der Waals surface area contributed by atoms with E-state index in [1.807, 2.05) is 0 Å². The molecule has 5 nitrogen and oxygen atoms in total. The molecule has 6 heteroatoms. The molecule has 2 N–H and O–H groups in total. The maximum Gasteiger partial charge on any atom is 0.408 e. The number of carbonyl (C=O) groups is 2. The Morgan fingerprint density at radius 2 is 1.85 bits per heavy atom. The van der Waals surface area contributed by atoms with Crippen LogP contribution < -0.4 is 5.32 Å². The van der Waals surface area contributed by atoms with E-state index in [1.165, 1.54) is 0 Å². The lowest BCUT2D eigenvalue weighted by Gasteiger charge is -2.23. The van der Waals surface area contributed by atoms with Gasteiger partial charge in [0.15, 0.2) is 0 Å². The van der Waals surface area contributed by atoms with E-state index in [4.69, 9.17) is 21.4 Å². The van der Waals surface area contributed by atoms with Gasteiger partial charge in [0, 0.05) is 5.02 Å². The number of benzene rings is 1. The summed E-state index contributed by atoms with van der Waals surface area (Å²) < 4.78 is 5.13. The third-order valence-electron chi connectivity index (χ3n) is 2.34. The van der Waals surface area contributed by atoms with E-state index in [9.17, 15) is 9.59 Å². The van der Waals surface area contributed by atoms with Crippen LogP contribution in [0.15, 0.2) is 24.3 Å². The summed E-state index contributed by atoms with van der Waals surface area (Å²) >= 11 is 5.79. The zero-order valence-corrected chi connectivity index (χ0v) is 12.4. The lowest BCUT2D eigenvalue weighted by Crippen LogP contribution is -2.35. The van der Waals surface area contributed by atoms with Gasteiger partial charge in [0.25, 0.3) is 0 Å². The van der Waals surface area contributed by atoms with E-state index in [0.717, 1.165) is 0 Å². The van der Waals surface area contributed by atoms with Crippen molar-refractivity contribution in [3.8, 4) is 0 Å². The molecule has 0 aliphatic heterocycles. The maximum atomic E-state index is 11.7. The first-order chi connectivity index (χ1) is 9.17. The number of aliphatic carboxylic acids is 1. The molecule has 0 bridgehead atoms. The fourth-order valence-electron chi connectivity index (χ4n) is 1.57. The van der Waals surface area contributed by atoms with E-state index in [1.54, 1.807) is 45.0 Å². The Hall–Kier alpha value is -1.75. The predicted octanol–water partition coefficient (Wildman–Crippen LogP) is 3.38. The number of alkyl carbamates (subject to hydrolysis) is 1. The molecule has 110 valence electrons. The van der Waals surface area contributed by atoms with E-state index in [0.29, 0.717) is 10.6 Å². The van der Waals surface area contributed by atoms with Crippen molar-refractivity contribution in [1.82, 2.24) is 5.32 Å². The Morgan fingerprint density at radius 3 is 2.30 bits per heavy atom. The molecule has 0 unspecified atom stereocenters. The highest BCUT2D eigenvalue weighted by Gasteiger charge is 2.22. The molecule has 1 atom stereocenters. The van der Waals surface area contributed by atoms with Crippen molar-refractivity contribution in [1.29, 1.82) is 0 Å². The minimum atomic E-state index is -1.01. The number of carbonyl (C=O) groups excluding carboxylic acids is 1. The molecule has 1 aromatic carbocycles. The smallest absolute Gasteiger partial charge is 0.408 e. The van der Waals surface area contributed by atoms with Gasteiger partial charge in [0.2, 0.25) is 0 Å². The molecule has 0 aliphatic carbocycles. The molecule has 1 amide bonds. The summed E-state index contributed by atoms with van der Waals surface area (Å²) in [4.78, 5) is 22.6. The van der Waals surface area contributed by atoms with Crippen LogP contribution in [0.3, 0.4) is 0 Å². The molecular formula is C14H18ClNO4. The number of ether oxygens (including phenoxy) is 1. The molecular weight excluding hydrogens is 282 g/mol. The van der Waals surface area contributed by atoms with Crippen LogP contribution in [0.25, 0.3) is 0 Å². The zero-order chi connectivity index (χ0) is 15.3. The van der Waals surface area contributed by atoms with E-state index in [2.05, 4.69) is 5.32 Å². The number of rotatable bonds is 4. The standard InChI is InChI=1S/C14H18ClNO4/c1-14(2,3)20-13(19)16-11(8-12(17)18)9-4-6-10(15)7-5-9/h4-7,11H,8H2,1-3H3,(H,16,19)(H,17,18)/t11-/m1/s1. The third kappa shape index (κ3) is 5.93. The first-order valence-corrected chi connectivity index (χ1v) is 6.52. The molecule has 20 heavy (non-hydrogen) atoms. The molecule has 0 saturated carbocycles. The van der Waals surface area contributed by atoms with Gasteiger partial charge >= 0.3 is 12.1 Å². The van der Waals surface area contributed by atoms with Crippen molar-refractivity contribution in [3.63, 3.8) is 0 Å². The summed E-state index contributed by atoms with van der Waals surface area (Å²) in [6.45, 7) is 5.21. The molecule has 0 radical (unpaired) electrons. The number of carboxylic acids is 1. The van der Waals surface area contributed by atoms with Gasteiger partial charge in [-0.25, -0.2) is 4.79 Å². The van der Waals surface area contributed by atoms with Gasteiger partial charge in [-0.3, -0.25) is 4.79 Å². The minimum absolute atomic E-state index is 0.235. The SMILES string of the molecule is CC(C)(C)OC(=O)N[C@H](CC(=O)O)c1ccc(Cl)cc1. The van der Waals surface area contributed by atoms with Gasteiger partial charge in [-0.15, -0.1) is 0 Å². The highest BCUT2D eigenvalue weighted by Crippen LogP contribution is 2.20. The predicted molar refractivity (Wildman–Crippen MR) is 75.8 cm³/mol. The summed E-state index contributed by atoms with van der Waals surface area (Å²) in [5, 5.41) is 12.0. The summed E-state index contributed by atoms with van der Waals surface area (Å²) in [6.07, 6.45) is -0.889. The maximum absolute atomic E-state index is 11.7. The Bertz CT molecular complexity index is 479. The van der Waals surface area contributed by atoms with E-state index in [-0.39, 0.29) is 6.42 Å². The molecule has 0 aliphatic rings. The average Bonchev–Trinajstić information content (AvgIpc) is 2.25. The second-order valence-electron chi connectivity index (χ2n) is 5.35. The highest BCUT2D eigenvalue weighted by molar-refractivity contribution is 6.30. The van der Waals surface area contributed by atoms with Crippen LogP contribution in [0.4, 0.5) is 4.79 Å². The lowest BCUT2D eigenvalue weighted by atomic mass is 10.0. The second-order valence-corrected chi connectivity index (χ2v) is 5.78. The lowest BCUT2D eigenvalue weighted by molar-refractivity contribution is -0.137. The molecule has 1 rings (SSSR count). The van der Waals surface area contributed by atoms with Crippen molar-refractivity contribution in [2.45, 2.75) is 38.8 Å². The molecule has 0 fully saturated rings. The monoisotopic (exact) mass is 299 g/mol. The first-order valence-electron chi connectivity index (χ1n) is 6.14. The molecule has 0 spiro atoms. The number of hydrogen-bond donors (Lipinski definition) is 2. The van der Waals surface area contributed by atoms with Crippen molar-refractivity contribution in [2.24, 2.45) is 0 Å². The van der Waals surface area contributed by atoms with Crippen LogP contribution in [-0.2, 0) is 9.53 Å². The van der Waals surface area contributed by atoms with Crippen molar-refractivity contribution >= 4 is 23.7 Å². The molecule has 0 heterocycles. The number of hydrogen-bond acceptors (Lipinski definition) is 3. The van der Waals surface area contributed by atoms with Crippen LogP contribution in [0, 0.1) is 0 Å². The summed E-state index contributed by atoms with van der Waals surface area (Å²) in [5.41, 5.74) is 0.0142. The second kappa shape index (κ2) is 6.61. The van der Waals surface area contributed by atoms with Gasteiger partial charge in [0.1, 0.15) is 5.60 Å². The highest BCUT2D eigenvalue weighted by atomic mass is 35.5. The number of nitrogens with one attached hydrogen (secondary N) is 1. The summed E-state index contributed by atoms with van der Waals surface area (Å²) in [7, 11) is 0. The van der Waals surface area contributed by atoms with Gasteiger partial charge < -0.3 is 15.2 Å². The minimum Gasteiger partial charge on any atom is -0.481 e. The first kappa shape index (κ1) is 16.3. The van der Waals surface area contributed by atoms with Crippen molar-refractivity contribution < 1.29 is 19.4 Å². The quantitative estimate of drug-likeness (QED) is 0.893. The molecule has 1 aromatic rings. The largest absolute Gasteiger partial charge is 0.481 e. The zero-order valence-electron chi connectivity index (χ0n) is 11.6. The topological polar surface area (TPSA) is 75.6 Å². The van der Waals surface area contributed by atoms with Gasteiger partial charge in [-0.1, -0.05) is 23.7 Å². The van der Waals surface area contributed by atoms with Gasteiger partial charge in [-0.05, 0) is 38.5 Å². The number of carboxylic acid groups (broad SMARTS) is 1. The van der Waals surface area contributed by atoms with E-state index >= 15 is 0 Å². The Balaban J connectivity index is 2.82. The van der Waals surface area contributed by atoms with Crippen molar-refractivity contribution in [2.75, 3.05) is 0 Å². The number of halogens is 1. The van der Waals surface area contributed by atoms with Crippen molar-refractivity contribution in [3.05, 3.63) is 34.9 Å². The van der Waals surface area contributed by atoms with Crippen LogP contribution in [0.2, 0.25) is 5.02 Å². The van der Waals surface area contributed by atoms with Crippen LogP contribution in [0.1, 0.15) is 38.8 Å². The van der Waals surface area contributed by atoms with E-state index < -0.39 is 23.7 Å². The number of amides is 1.